The number of nitrogens with two attached hydrogens (primary N) is 1. The van der Waals surface area contributed by atoms with Gasteiger partial charge in [-0.1, -0.05) is 36.4 Å². The van der Waals surface area contributed by atoms with Crippen LogP contribution in [0.1, 0.15) is 16.7 Å². The van der Waals surface area contributed by atoms with Crippen LogP contribution in [0.15, 0.2) is 48.5 Å². The smallest absolute Gasteiger partial charge is 0.221 e. The Morgan fingerprint density at radius 3 is 2.38 bits per heavy atom. The summed E-state index contributed by atoms with van der Waals surface area (Å²) in [6.45, 7) is 1.34. The summed E-state index contributed by atoms with van der Waals surface area (Å²) in [6.07, 6.45) is 0.275. The summed E-state index contributed by atoms with van der Waals surface area (Å²) in [5.74, 6) is -0.316. The van der Waals surface area contributed by atoms with E-state index in [9.17, 15) is 4.79 Å². The van der Waals surface area contributed by atoms with Crippen LogP contribution in [0.4, 0.5) is 5.69 Å². The minimum Gasteiger partial charge on any atom is -0.381 e. The van der Waals surface area contributed by atoms with Crippen molar-refractivity contribution in [2.24, 2.45) is 5.73 Å². The summed E-state index contributed by atoms with van der Waals surface area (Å²) in [5, 5.41) is 3.37. The number of rotatable bonds is 7. The Kier molecular flexibility index (Phi) is 5.35. The van der Waals surface area contributed by atoms with Crippen molar-refractivity contribution in [1.29, 1.82) is 0 Å². The number of carbonyl (C=O) groups excluding carboxylic acids is 1. The molecule has 0 fully saturated rings. The van der Waals surface area contributed by atoms with Gasteiger partial charge in [0.25, 0.3) is 0 Å². The molecule has 4 nitrogen and oxygen atoms in total. The molecule has 0 heterocycles. The number of carbonyl (C=O) groups is 1. The lowest BCUT2D eigenvalue weighted by molar-refractivity contribution is -0.117. The van der Waals surface area contributed by atoms with Crippen LogP contribution in [0, 0.1) is 0 Å². The van der Waals surface area contributed by atoms with E-state index in [1.54, 1.807) is 7.11 Å². The highest BCUT2D eigenvalue weighted by molar-refractivity contribution is 5.76. The van der Waals surface area contributed by atoms with Crippen molar-refractivity contribution in [1.82, 2.24) is 0 Å². The second-order valence-electron chi connectivity index (χ2n) is 4.90. The molecule has 0 saturated carbocycles. The van der Waals surface area contributed by atoms with Gasteiger partial charge in [-0.2, -0.15) is 0 Å². The van der Waals surface area contributed by atoms with Crippen molar-refractivity contribution in [2.45, 2.75) is 19.6 Å². The van der Waals surface area contributed by atoms with E-state index in [2.05, 4.69) is 17.4 Å². The van der Waals surface area contributed by atoms with Gasteiger partial charge in [0.05, 0.1) is 13.0 Å². The van der Waals surface area contributed by atoms with E-state index >= 15 is 0 Å². The van der Waals surface area contributed by atoms with Crippen molar-refractivity contribution in [2.75, 3.05) is 12.4 Å². The Labute approximate surface area is 124 Å². The number of hydrogen-bond acceptors (Lipinski definition) is 3. The second-order valence-corrected chi connectivity index (χ2v) is 4.90. The first-order chi connectivity index (χ1) is 10.2. The lowest BCUT2D eigenvalue weighted by Gasteiger charge is -2.11. The number of ether oxygens (including phenoxy) is 1. The normalized spacial score (nSPS) is 10.3. The summed E-state index contributed by atoms with van der Waals surface area (Å²) in [6, 6.07) is 15.9. The molecule has 0 unspecified atom stereocenters. The first-order valence-corrected chi connectivity index (χ1v) is 6.86. The molecule has 110 valence electrons. The van der Waals surface area contributed by atoms with Gasteiger partial charge in [-0.05, 0) is 28.8 Å². The van der Waals surface area contributed by atoms with E-state index in [-0.39, 0.29) is 12.3 Å². The standard InChI is InChI=1S/C17H20N2O2/c1-21-12-15-5-3-2-4-14(15)11-19-16-8-6-13(7-9-16)10-17(18)20/h2-9,19H,10-12H2,1H3,(H2,18,20). The van der Waals surface area contributed by atoms with E-state index in [1.165, 1.54) is 11.1 Å². The SMILES string of the molecule is COCc1ccccc1CNc1ccc(CC(N)=O)cc1. The highest BCUT2D eigenvalue weighted by Crippen LogP contribution is 2.14. The largest absolute Gasteiger partial charge is 0.381 e. The van der Waals surface area contributed by atoms with Crippen molar-refractivity contribution in [3.63, 3.8) is 0 Å². The minimum absolute atomic E-state index is 0.275. The number of primary amides is 1. The molecule has 2 aromatic carbocycles. The molecule has 4 heteroatoms. The summed E-state index contributed by atoms with van der Waals surface area (Å²) in [4.78, 5) is 10.9. The molecule has 1 amide bonds. The number of anilines is 1. The van der Waals surface area contributed by atoms with Crippen LogP contribution in [-0.2, 0) is 29.1 Å². The van der Waals surface area contributed by atoms with E-state index in [0.29, 0.717) is 6.61 Å². The molecule has 0 bridgehead atoms. The fourth-order valence-electron chi connectivity index (χ4n) is 2.17. The third-order valence-electron chi connectivity index (χ3n) is 3.23. The minimum atomic E-state index is -0.316. The molecule has 0 aliphatic carbocycles. The lowest BCUT2D eigenvalue weighted by Crippen LogP contribution is -2.13. The molecule has 3 N–H and O–H groups in total. The molecule has 0 aliphatic heterocycles. The van der Waals surface area contributed by atoms with Crippen LogP contribution in [-0.4, -0.2) is 13.0 Å². The van der Waals surface area contributed by atoms with Gasteiger partial charge < -0.3 is 15.8 Å². The molecule has 21 heavy (non-hydrogen) atoms. The zero-order chi connectivity index (χ0) is 15.1. The van der Waals surface area contributed by atoms with Gasteiger partial charge in [0.1, 0.15) is 0 Å². The quantitative estimate of drug-likeness (QED) is 0.821. The van der Waals surface area contributed by atoms with Gasteiger partial charge in [-0.25, -0.2) is 0 Å². The maximum Gasteiger partial charge on any atom is 0.221 e. The van der Waals surface area contributed by atoms with Crippen molar-refractivity contribution in [3.8, 4) is 0 Å². The summed E-state index contributed by atoms with van der Waals surface area (Å²) in [7, 11) is 1.70. The average molecular weight is 284 g/mol. The third-order valence-corrected chi connectivity index (χ3v) is 3.23. The number of nitrogens with one attached hydrogen (secondary N) is 1. The van der Waals surface area contributed by atoms with Gasteiger partial charge in [0.15, 0.2) is 0 Å². The van der Waals surface area contributed by atoms with Crippen molar-refractivity contribution < 1.29 is 9.53 Å². The van der Waals surface area contributed by atoms with Gasteiger partial charge in [-0.3, -0.25) is 4.79 Å². The maximum absolute atomic E-state index is 10.9. The zero-order valence-electron chi connectivity index (χ0n) is 12.1. The van der Waals surface area contributed by atoms with E-state index in [0.717, 1.165) is 17.8 Å². The Balaban J connectivity index is 1.98. The van der Waals surface area contributed by atoms with Crippen LogP contribution in [0.3, 0.4) is 0 Å². The first-order valence-electron chi connectivity index (χ1n) is 6.86. The van der Waals surface area contributed by atoms with Gasteiger partial charge in [0, 0.05) is 19.3 Å². The van der Waals surface area contributed by atoms with Crippen LogP contribution < -0.4 is 11.1 Å². The van der Waals surface area contributed by atoms with Crippen molar-refractivity contribution >= 4 is 11.6 Å². The number of amides is 1. The van der Waals surface area contributed by atoms with Crippen LogP contribution in [0.5, 0.6) is 0 Å². The second kappa shape index (κ2) is 7.45. The Morgan fingerprint density at radius 2 is 1.76 bits per heavy atom. The lowest BCUT2D eigenvalue weighted by atomic mass is 10.1. The van der Waals surface area contributed by atoms with Crippen molar-refractivity contribution in [3.05, 3.63) is 65.2 Å². The highest BCUT2D eigenvalue weighted by atomic mass is 16.5. The average Bonchev–Trinajstić information content (AvgIpc) is 2.48. The van der Waals surface area contributed by atoms with Gasteiger partial charge in [0.2, 0.25) is 5.91 Å². The third kappa shape index (κ3) is 4.61. The number of methoxy groups -OCH3 is 1. The monoisotopic (exact) mass is 284 g/mol. The van der Waals surface area contributed by atoms with Crippen LogP contribution in [0.25, 0.3) is 0 Å². The molecule has 0 saturated heterocycles. The van der Waals surface area contributed by atoms with E-state index < -0.39 is 0 Å². The maximum atomic E-state index is 10.9. The Morgan fingerprint density at radius 1 is 1.10 bits per heavy atom. The zero-order valence-corrected chi connectivity index (χ0v) is 12.1. The predicted molar refractivity (Wildman–Crippen MR) is 83.8 cm³/mol. The molecule has 0 atom stereocenters. The van der Waals surface area contributed by atoms with E-state index in [1.807, 2.05) is 36.4 Å². The van der Waals surface area contributed by atoms with E-state index in [4.69, 9.17) is 10.5 Å². The molecular weight excluding hydrogens is 264 g/mol. The highest BCUT2D eigenvalue weighted by Gasteiger charge is 2.02. The fraction of sp³-hybridized carbons (Fsp3) is 0.235. The molecule has 2 rings (SSSR count). The topological polar surface area (TPSA) is 64.3 Å². The number of benzene rings is 2. The molecule has 0 radical (unpaired) electrons. The van der Waals surface area contributed by atoms with Crippen LogP contribution >= 0.6 is 0 Å². The summed E-state index contributed by atoms with van der Waals surface area (Å²) in [5.41, 5.74) is 9.50. The molecule has 0 aliphatic rings. The summed E-state index contributed by atoms with van der Waals surface area (Å²) >= 11 is 0. The molecule has 0 aromatic heterocycles. The van der Waals surface area contributed by atoms with Gasteiger partial charge in [-0.15, -0.1) is 0 Å². The molecular formula is C17H20N2O2. The molecule has 0 spiro atoms. The Bertz CT molecular complexity index is 594. The Hall–Kier alpha value is -2.33. The number of hydrogen-bond donors (Lipinski definition) is 2. The van der Waals surface area contributed by atoms with Gasteiger partial charge >= 0.3 is 0 Å². The molecule has 2 aromatic rings. The first kappa shape index (κ1) is 15.1. The van der Waals surface area contributed by atoms with Crippen LogP contribution in [0.2, 0.25) is 0 Å². The fourth-order valence-corrected chi connectivity index (χ4v) is 2.17. The predicted octanol–water partition coefficient (Wildman–Crippen LogP) is 2.47. The summed E-state index contributed by atoms with van der Waals surface area (Å²) < 4.78 is 5.20.